The van der Waals surface area contributed by atoms with Crippen molar-refractivity contribution in [3.8, 4) is 33.4 Å². The predicted octanol–water partition coefficient (Wildman–Crippen LogP) is 11.3. The molecule has 0 N–H and O–H groups in total. The second kappa shape index (κ2) is 9.59. The maximum atomic E-state index is 4.79. The lowest BCUT2D eigenvalue weighted by atomic mass is 9.91. The molecule has 0 saturated carbocycles. The molecule has 0 amide bonds. The van der Waals surface area contributed by atoms with E-state index >= 15 is 0 Å². The monoisotopic (exact) mass is 564 g/mol. The number of aromatic nitrogens is 2. The van der Waals surface area contributed by atoms with Gasteiger partial charge in [0.1, 0.15) is 0 Å². The summed E-state index contributed by atoms with van der Waals surface area (Å²) in [5.41, 5.74) is 9.19. The minimum Gasteiger partial charge on any atom is -0.252 e. The van der Waals surface area contributed by atoms with E-state index in [2.05, 4.69) is 133 Å². The molecule has 0 bridgehead atoms. The van der Waals surface area contributed by atoms with Gasteiger partial charge in [0.15, 0.2) is 0 Å². The van der Waals surface area contributed by atoms with Crippen molar-refractivity contribution in [3.63, 3.8) is 0 Å². The minimum absolute atomic E-state index is 0.940. The molecule has 200 valence electrons. The fourth-order valence-corrected chi connectivity index (χ4v) is 7.83. The van der Waals surface area contributed by atoms with Crippen molar-refractivity contribution in [2.24, 2.45) is 0 Å². The highest BCUT2D eigenvalue weighted by molar-refractivity contribution is 7.26. The van der Waals surface area contributed by atoms with Crippen LogP contribution in [-0.2, 0) is 0 Å². The molecule has 7 aromatic carbocycles. The summed E-state index contributed by atoms with van der Waals surface area (Å²) in [6.45, 7) is 0. The van der Waals surface area contributed by atoms with E-state index in [1.54, 1.807) is 12.4 Å². The fourth-order valence-electron chi connectivity index (χ4n) is 6.59. The quantitative estimate of drug-likeness (QED) is 0.199. The van der Waals surface area contributed by atoms with E-state index in [4.69, 9.17) is 9.97 Å². The zero-order chi connectivity index (χ0) is 28.3. The van der Waals surface area contributed by atoms with Crippen molar-refractivity contribution in [1.82, 2.24) is 9.97 Å². The Hall–Kier alpha value is -5.38. The number of benzene rings is 7. The smallest absolute Gasteiger partial charge is 0.0971 e. The molecule has 9 aromatic rings. The van der Waals surface area contributed by atoms with Crippen molar-refractivity contribution in [1.29, 1.82) is 0 Å². The number of fused-ring (bicyclic) bond motifs is 9. The lowest BCUT2D eigenvalue weighted by Gasteiger charge is -2.14. The van der Waals surface area contributed by atoms with Crippen LogP contribution in [0.2, 0.25) is 0 Å². The third-order valence-corrected chi connectivity index (χ3v) is 9.81. The first-order valence-corrected chi connectivity index (χ1v) is 15.3. The summed E-state index contributed by atoms with van der Waals surface area (Å²) in [4.78, 5) is 9.52. The summed E-state index contributed by atoms with van der Waals surface area (Å²) < 4.78 is 2.67. The molecule has 0 saturated heterocycles. The van der Waals surface area contributed by atoms with Crippen LogP contribution in [0.25, 0.3) is 86.1 Å². The molecule has 0 radical (unpaired) electrons. The molecule has 0 aliphatic heterocycles. The Labute approximate surface area is 252 Å². The molecule has 0 fully saturated rings. The van der Waals surface area contributed by atoms with Gasteiger partial charge in [-0.1, -0.05) is 121 Å². The summed E-state index contributed by atoms with van der Waals surface area (Å²) in [6.07, 6.45) is 3.57. The van der Waals surface area contributed by atoms with Crippen molar-refractivity contribution in [3.05, 3.63) is 146 Å². The Morgan fingerprint density at radius 3 is 1.70 bits per heavy atom. The van der Waals surface area contributed by atoms with Gasteiger partial charge in [0, 0.05) is 43.3 Å². The average molecular weight is 565 g/mol. The van der Waals surface area contributed by atoms with E-state index < -0.39 is 0 Å². The summed E-state index contributed by atoms with van der Waals surface area (Å²) in [7, 11) is 0. The van der Waals surface area contributed by atoms with Gasteiger partial charge in [0.05, 0.1) is 11.0 Å². The van der Waals surface area contributed by atoms with E-state index in [9.17, 15) is 0 Å². The maximum Gasteiger partial charge on any atom is 0.0971 e. The van der Waals surface area contributed by atoms with Crippen LogP contribution in [0.3, 0.4) is 0 Å². The third-order valence-electron chi connectivity index (χ3n) is 8.59. The highest BCUT2D eigenvalue weighted by atomic mass is 32.1. The van der Waals surface area contributed by atoms with Crippen molar-refractivity contribution >= 4 is 64.1 Å². The van der Waals surface area contributed by atoms with Gasteiger partial charge >= 0.3 is 0 Å². The first-order valence-electron chi connectivity index (χ1n) is 14.5. The van der Waals surface area contributed by atoms with E-state index in [-0.39, 0.29) is 0 Å². The normalized spacial score (nSPS) is 11.7. The molecule has 0 unspecified atom stereocenters. The SMILES string of the molecule is c1ccc(-c2ccc3c4ccccc4c4nccnc4c3c2)c(-c2ccc(-c3cccc4c3sc3ccccc34)cc2)c1. The van der Waals surface area contributed by atoms with Gasteiger partial charge in [0.2, 0.25) is 0 Å². The molecule has 0 aliphatic carbocycles. The van der Waals surface area contributed by atoms with E-state index in [1.807, 2.05) is 11.3 Å². The Morgan fingerprint density at radius 2 is 0.907 bits per heavy atom. The summed E-state index contributed by atoms with van der Waals surface area (Å²) in [5, 5.41) is 7.32. The first-order chi connectivity index (χ1) is 21.3. The van der Waals surface area contributed by atoms with Crippen LogP contribution >= 0.6 is 11.3 Å². The van der Waals surface area contributed by atoms with Gasteiger partial charge in [-0.05, 0) is 56.3 Å². The zero-order valence-corrected chi connectivity index (χ0v) is 24.0. The number of rotatable bonds is 3. The highest BCUT2D eigenvalue weighted by Crippen LogP contribution is 2.41. The number of hydrogen-bond acceptors (Lipinski definition) is 3. The van der Waals surface area contributed by atoms with Crippen molar-refractivity contribution < 1.29 is 0 Å². The highest BCUT2D eigenvalue weighted by Gasteiger charge is 2.14. The van der Waals surface area contributed by atoms with Gasteiger partial charge in [-0.2, -0.15) is 0 Å². The Bertz CT molecular complexity index is 2470. The second-order valence-electron chi connectivity index (χ2n) is 11.0. The third kappa shape index (κ3) is 3.79. The Kier molecular flexibility index (Phi) is 5.40. The molecule has 43 heavy (non-hydrogen) atoms. The predicted molar refractivity (Wildman–Crippen MR) is 184 cm³/mol. The van der Waals surface area contributed by atoms with E-state index in [1.165, 1.54) is 64.3 Å². The van der Waals surface area contributed by atoms with Gasteiger partial charge in [-0.15, -0.1) is 11.3 Å². The first kappa shape index (κ1) is 24.2. The molecule has 9 rings (SSSR count). The second-order valence-corrected chi connectivity index (χ2v) is 12.0. The lowest BCUT2D eigenvalue weighted by molar-refractivity contribution is 1.31. The van der Waals surface area contributed by atoms with Gasteiger partial charge in [0.25, 0.3) is 0 Å². The van der Waals surface area contributed by atoms with Gasteiger partial charge in [-0.3, -0.25) is 9.97 Å². The average Bonchev–Trinajstić information content (AvgIpc) is 3.47. The van der Waals surface area contributed by atoms with Crippen LogP contribution in [0.5, 0.6) is 0 Å². The molecular formula is C40H24N2S. The molecular weight excluding hydrogens is 541 g/mol. The maximum absolute atomic E-state index is 4.79. The largest absolute Gasteiger partial charge is 0.252 e. The van der Waals surface area contributed by atoms with Crippen LogP contribution in [0, 0.1) is 0 Å². The Balaban J connectivity index is 1.17. The van der Waals surface area contributed by atoms with E-state index in [0.29, 0.717) is 0 Å². The molecule has 2 heterocycles. The molecule has 0 atom stereocenters. The van der Waals surface area contributed by atoms with Crippen LogP contribution in [0.1, 0.15) is 0 Å². The molecule has 3 heteroatoms. The van der Waals surface area contributed by atoms with Gasteiger partial charge < -0.3 is 0 Å². The Morgan fingerprint density at radius 1 is 0.372 bits per heavy atom. The summed E-state index contributed by atoms with van der Waals surface area (Å²) >= 11 is 1.88. The van der Waals surface area contributed by atoms with Crippen LogP contribution in [0.15, 0.2) is 146 Å². The number of nitrogens with zero attached hydrogens (tertiary/aromatic N) is 2. The molecule has 0 spiro atoms. The van der Waals surface area contributed by atoms with Gasteiger partial charge in [-0.25, -0.2) is 0 Å². The summed E-state index contributed by atoms with van der Waals surface area (Å²) in [5.74, 6) is 0. The van der Waals surface area contributed by atoms with Crippen LogP contribution < -0.4 is 0 Å². The molecule has 0 aliphatic rings. The number of hydrogen-bond donors (Lipinski definition) is 0. The standard InChI is InChI=1S/C40H24N2S/c1-2-9-29(27-20-21-32-31-10-3-4-12-34(31)38-39(36(32)24-27)42-23-22-41-38)28(8-1)25-16-18-26(19-17-25)30-13-7-14-35-33-11-5-6-15-37(33)43-40(30)35/h1-24H. The zero-order valence-electron chi connectivity index (χ0n) is 23.2. The van der Waals surface area contributed by atoms with E-state index in [0.717, 1.165) is 21.8 Å². The summed E-state index contributed by atoms with van der Waals surface area (Å²) in [6, 6.07) is 48.3. The molecule has 2 nitrogen and oxygen atoms in total. The number of thiophene rings is 1. The topological polar surface area (TPSA) is 25.8 Å². The minimum atomic E-state index is 0.940. The molecule has 2 aromatic heterocycles. The lowest BCUT2D eigenvalue weighted by Crippen LogP contribution is -1.90. The fraction of sp³-hybridized carbons (Fsp3) is 0. The van der Waals surface area contributed by atoms with Crippen molar-refractivity contribution in [2.75, 3.05) is 0 Å². The van der Waals surface area contributed by atoms with Crippen LogP contribution in [0.4, 0.5) is 0 Å². The van der Waals surface area contributed by atoms with Crippen molar-refractivity contribution in [2.45, 2.75) is 0 Å². The van der Waals surface area contributed by atoms with Crippen LogP contribution in [-0.4, -0.2) is 9.97 Å².